The van der Waals surface area contributed by atoms with Crippen LogP contribution in [0.2, 0.25) is 0 Å². The van der Waals surface area contributed by atoms with Crippen molar-refractivity contribution < 1.29 is 10.2 Å². The van der Waals surface area contributed by atoms with Gasteiger partial charge in [0, 0.05) is 13.2 Å². The summed E-state index contributed by atoms with van der Waals surface area (Å²) in [7, 11) is 0. The molecule has 0 aromatic carbocycles. The second kappa shape index (κ2) is 16.9. The highest BCUT2D eigenvalue weighted by Crippen LogP contribution is 2.07. The van der Waals surface area contributed by atoms with Crippen molar-refractivity contribution >= 4 is 0 Å². The first-order valence-electron chi connectivity index (χ1n) is 7.84. The summed E-state index contributed by atoms with van der Waals surface area (Å²) < 4.78 is 0. The first kappa shape index (κ1) is 17.9. The summed E-state index contributed by atoms with van der Waals surface area (Å²) in [6, 6.07) is 0. The lowest BCUT2D eigenvalue weighted by atomic mass is 10.1. The Labute approximate surface area is 113 Å². The van der Waals surface area contributed by atoms with Crippen LogP contribution in [-0.2, 0) is 0 Å². The highest BCUT2D eigenvalue weighted by atomic mass is 16.3. The van der Waals surface area contributed by atoms with Crippen molar-refractivity contribution in [2.24, 2.45) is 0 Å². The molecule has 0 aromatic rings. The molecule has 18 heavy (non-hydrogen) atoms. The zero-order valence-electron chi connectivity index (χ0n) is 12.0. The van der Waals surface area contributed by atoms with Crippen LogP contribution < -0.4 is 5.32 Å². The Balaban J connectivity index is 2.86. The van der Waals surface area contributed by atoms with Gasteiger partial charge >= 0.3 is 0 Å². The molecular weight excluding hydrogens is 226 g/mol. The topological polar surface area (TPSA) is 52.5 Å². The fourth-order valence-electron chi connectivity index (χ4n) is 2.09. The van der Waals surface area contributed by atoms with Crippen molar-refractivity contribution in [3.63, 3.8) is 0 Å². The maximum atomic E-state index is 8.64. The molecule has 3 heteroatoms. The quantitative estimate of drug-likeness (QED) is 0.396. The summed E-state index contributed by atoms with van der Waals surface area (Å²) in [6.45, 7) is 2.92. The molecule has 0 fully saturated rings. The van der Waals surface area contributed by atoms with Crippen LogP contribution in [0.5, 0.6) is 0 Å². The predicted molar refractivity (Wildman–Crippen MR) is 77.8 cm³/mol. The molecule has 0 unspecified atom stereocenters. The number of unbranched alkanes of at least 4 members (excludes halogenated alkanes) is 9. The summed E-state index contributed by atoms with van der Waals surface area (Å²) in [5.74, 6) is 0. The summed E-state index contributed by atoms with van der Waals surface area (Å²) in [4.78, 5) is 0. The Morgan fingerprint density at radius 2 is 0.778 bits per heavy atom. The SMILES string of the molecule is OCCCCCCCCCCNCCCCCO. The molecule has 0 radical (unpaired) electrons. The van der Waals surface area contributed by atoms with E-state index in [0.29, 0.717) is 13.2 Å². The zero-order valence-corrected chi connectivity index (χ0v) is 12.0. The molecule has 0 bridgehead atoms. The van der Waals surface area contributed by atoms with Crippen LogP contribution in [0.4, 0.5) is 0 Å². The van der Waals surface area contributed by atoms with Crippen LogP contribution in [0.1, 0.15) is 70.6 Å². The minimum atomic E-state index is 0.332. The number of aliphatic hydroxyl groups is 2. The lowest BCUT2D eigenvalue weighted by Gasteiger charge is -2.04. The third-order valence-electron chi connectivity index (χ3n) is 3.27. The second-order valence-corrected chi connectivity index (χ2v) is 5.09. The van der Waals surface area contributed by atoms with Gasteiger partial charge in [0.1, 0.15) is 0 Å². The molecule has 0 heterocycles. The molecule has 0 spiro atoms. The van der Waals surface area contributed by atoms with Gasteiger partial charge in [-0.1, -0.05) is 38.5 Å². The Bertz CT molecular complexity index is 126. The first-order valence-corrected chi connectivity index (χ1v) is 7.84. The van der Waals surface area contributed by atoms with E-state index in [4.69, 9.17) is 10.2 Å². The van der Waals surface area contributed by atoms with Crippen LogP contribution >= 0.6 is 0 Å². The van der Waals surface area contributed by atoms with Crippen LogP contribution in [0, 0.1) is 0 Å². The molecule has 0 saturated carbocycles. The van der Waals surface area contributed by atoms with E-state index in [-0.39, 0.29) is 0 Å². The highest BCUT2D eigenvalue weighted by Gasteiger charge is 1.93. The summed E-state index contributed by atoms with van der Waals surface area (Å²) in [6.07, 6.45) is 13.4. The van der Waals surface area contributed by atoms with E-state index in [2.05, 4.69) is 5.32 Å². The molecule has 0 atom stereocenters. The molecule has 3 nitrogen and oxygen atoms in total. The highest BCUT2D eigenvalue weighted by molar-refractivity contribution is 4.51. The van der Waals surface area contributed by atoms with Gasteiger partial charge in [0.15, 0.2) is 0 Å². The molecule has 0 saturated heterocycles. The van der Waals surface area contributed by atoms with Gasteiger partial charge in [-0.25, -0.2) is 0 Å². The van der Waals surface area contributed by atoms with Crippen molar-refractivity contribution in [2.75, 3.05) is 26.3 Å². The Kier molecular flexibility index (Phi) is 16.8. The normalized spacial score (nSPS) is 11.0. The van der Waals surface area contributed by atoms with Gasteiger partial charge in [0.2, 0.25) is 0 Å². The van der Waals surface area contributed by atoms with E-state index >= 15 is 0 Å². The van der Waals surface area contributed by atoms with Crippen LogP contribution in [0.15, 0.2) is 0 Å². The Morgan fingerprint density at radius 3 is 1.22 bits per heavy atom. The lowest BCUT2D eigenvalue weighted by Crippen LogP contribution is -2.16. The van der Waals surface area contributed by atoms with E-state index in [1.807, 2.05) is 0 Å². The Hall–Kier alpha value is -0.120. The second-order valence-electron chi connectivity index (χ2n) is 5.09. The molecule has 3 N–H and O–H groups in total. The van der Waals surface area contributed by atoms with Gasteiger partial charge in [-0.2, -0.15) is 0 Å². The van der Waals surface area contributed by atoms with Gasteiger partial charge in [-0.15, -0.1) is 0 Å². The van der Waals surface area contributed by atoms with Crippen molar-refractivity contribution in [3.8, 4) is 0 Å². The third kappa shape index (κ3) is 15.9. The van der Waals surface area contributed by atoms with Gasteiger partial charge in [0.25, 0.3) is 0 Å². The molecule has 110 valence electrons. The third-order valence-corrected chi connectivity index (χ3v) is 3.27. The fraction of sp³-hybridized carbons (Fsp3) is 1.00. The molecule has 0 aromatic heterocycles. The number of hydrogen-bond donors (Lipinski definition) is 3. The average Bonchev–Trinajstić information content (AvgIpc) is 2.39. The molecular formula is C15H33NO2. The van der Waals surface area contributed by atoms with E-state index in [1.54, 1.807) is 0 Å². The van der Waals surface area contributed by atoms with Crippen molar-refractivity contribution in [1.29, 1.82) is 0 Å². The summed E-state index contributed by atoms with van der Waals surface area (Å²) >= 11 is 0. The van der Waals surface area contributed by atoms with Crippen LogP contribution in [0.3, 0.4) is 0 Å². The standard InChI is InChI=1S/C15H33NO2/c17-14-10-6-4-2-1-3-5-8-12-16-13-9-7-11-15-18/h16-18H,1-15H2. The van der Waals surface area contributed by atoms with E-state index < -0.39 is 0 Å². The van der Waals surface area contributed by atoms with Gasteiger partial charge in [-0.3, -0.25) is 0 Å². The van der Waals surface area contributed by atoms with Gasteiger partial charge < -0.3 is 15.5 Å². The summed E-state index contributed by atoms with van der Waals surface area (Å²) in [5.41, 5.74) is 0. The van der Waals surface area contributed by atoms with Crippen LogP contribution in [-0.4, -0.2) is 36.5 Å². The molecule has 0 amide bonds. The minimum absolute atomic E-state index is 0.332. The van der Waals surface area contributed by atoms with Gasteiger partial charge in [-0.05, 0) is 45.2 Å². The largest absolute Gasteiger partial charge is 0.396 e. The van der Waals surface area contributed by atoms with E-state index in [1.165, 1.54) is 51.4 Å². The predicted octanol–water partition coefficient (Wildman–Crippen LogP) is 2.85. The number of aliphatic hydroxyl groups excluding tert-OH is 2. The van der Waals surface area contributed by atoms with E-state index in [9.17, 15) is 0 Å². The first-order chi connectivity index (χ1) is 8.91. The van der Waals surface area contributed by atoms with Crippen LogP contribution in [0.25, 0.3) is 0 Å². The molecule has 0 aliphatic heterocycles. The van der Waals surface area contributed by atoms with Crippen molar-refractivity contribution in [1.82, 2.24) is 5.32 Å². The smallest absolute Gasteiger partial charge is 0.0431 e. The van der Waals surface area contributed by atoms with Gasteiger partial charge in [0.05, 0.1) is 0 Å². The number of rotatable bonds is 15. The monoisotopic (exact) mass is 259 g/mol. The molecule has 0 rings (SSSR count). The Morgan fingerprint density at radius 1 is 0.444 bits per heavy atom. The maximum absolute atomic E-state index is 8.64. The van der Waals surface area contributed by atoms with E-state index in [0.717, 1.165) is 32.4 Å². The molecule has 0 aliphatic rings. The maximum Gasteiger partial charge on any atom is 0.0431 e. The van der Waals surface area contributed by atoms with Crippen molar-refractivity contribution in [2.45, 2.75) is 70.6 Å². The fourth-order valence-corrected chi connectivity index (χ4v) is 2.09. The zero-order chi connectivity index (χ0) is 13.3. The number of nitrogens with one attached hydrogen (secondary N) is 1. The summed E-state index contributed by atoms with van der Waals surface area (Å²) in [5, 5.41) is 20.7. The number of hydrogen-bond acceptors (Lipinski definition) is 3. The molecule has 0 aliphatic carbocycles. The average molecular weight is 259 g/mol. The lowest BCUT2D eigenvalue weighted by molar-refractivity contribution is 0.282. The minimum Gasteiger partial charge on any atom is -0.396 e. The van der Waals surface area contributed by atoms with Crippen molar-refractivity contribution in [3.05, 3.63) is 0 Å².